The van der Waals surface area contributed by atoms with Crippen LogP contribution in [0.25, 0.3) is 0 Å². The predicted molar refractivity (Wildman–Crippen MR) is 94.6 cm³/mol. The lowest BCUT2D eigenvalue weighted by Gasteiger charge is -2.23. The maximum Gasteiger partial charge on any atom is 0.319 e. The molecule has 0 aliphatic carbocycles. The molecule has 8 nitrogen and oxygen atoms in total. The average Bonchev–Trinajstić information content (AvgIpc) is 2.59. The van der Waals surface area contributed by atoms with Gasteiger partial charge in [0, 0.05) is 5.69 Å². The SMILES string of the molecule is Cc1ccc(S(=O)(=O)O)cc1N(CCOc1ccc(C#N)cc1)C(N)=O. The first-order chi connectivity index (χ1) is 12.2. The molecule has 2 aromatic rings. The summed E-state index contributed by atoms with van der Waals surface area (Å²) in [5.74, 6) is 0.511. The number of nitriles is 1. The van der Waals surface area contributed by atoms with Crippen molar-refractivity contribution < 1.29 is 22.5 Å². The monoisotopic (exact) mass is 375 g/mol. The Kier molecular flexibility index (Phi) is 5.82. The molecule has 0 unspecified atom stereocenters. The average molecular weight is 375 g/mol. The molecule has 2 amide bonds. The highest BCUT2D eigenvalue weighted by Gasteiger charge is 2.18. The van der Waals surface area contributed by atoms with Crippen LogP contribution in [0.1, 0.15) is 11.1 Å². The minimum atomic E-state index is -4.41. The molecule has 136 valence electrons. The van der Waals surface area contributed by atoms with Gasteiger partial charge >= 0.3 is 6.03 Å². The van der Waals surface area contributed by atoms with Gasteiger partial charge in [-0.05, 0) is 48.9 Å². The van der Waals surface area contributed by atoms with Crippen molar-refractivity contribution in [2.45, 2.75) is 11.8 Å². The number of amides is 2. The fourth-order valence-electron chi connectivity index (χ4n) is 2.27. The molecular weight excluding hydrogens is 358 g/mol. The third-order valence-corrected chi connectivity index (χ3v) is 4.45. The van der Waals surface area contributed by atoms with E-state index in [0.29, 0.717) is 16.9 Å². The van der Waals surface area contributed by atoms with Gasteiger partial charge in [0.1, 0.15) is 12.4 Å². The van der Waals surface area contributed by atoms with Gasteiger partial charge in [-0.25, -0.2) is 4.79 Å². The van der Waals surface area contributed by atoms with Crippen molar-refractivity contribution in [2.75, 3.05) is 18.1 Å². The molecule has 0 aliphatic heterocycles. The molecule has 0 saturated carbocycles. The smallest absolute Gasteiger partial charge is 0.319 e. The summed E-state index contributed by atoms with van der Waals surface area (Å²) in [6.07, 6.45) is 0. The second-order valence-electron chi connectivity index (χ2n) is 5.40. The summed E-state index contributed by atoms with van der Waals surface area (Å²) in [5, 5.41) is 8.76. The van der Waals surface area contributed by atoms with Crippen LogP contribution in [-0.2, 0) is 10.1 Å². The van der Waals surface area contributed by atoms with Crippen LogP contribution in [0.15, 0.2) is 47.4 Å². The van der Waals surface area contributed by atoms with E-state index in [1.807, 2.05) is 6.07 Å². The number of aryl methyl sites for hydroxylation is 1. The zero-order valence-electron chi connectivity index (χ0n) is 13.9. The Morgan fingerprint density at radius 1 is 1.27 bits per heavy atom. The van der Waals surface area contributed by atoms with Gasteiger partial charge in [-0.1, -0.05) is 6.07 Å². The lowest BCUT2D eigenvalue weighted by molar-refractivity contribution is 0.251. The lowest BCUT2D eigenvalue weighted by atomic mass is 10.2. The van der Waals surface area contributed by atoms with E-state index in [0.717, 1.165) is 4.90 Å². The van der Waals surface area contributed by atoms with Gasteiger partial charge in [0.25, 0.3) is 10.1 Å². The lowest BCUT2D eigenvalue weighted by Crippen LogP contribution is -2.39. The zero-order chi connectivity index (χ0) is 19.3. The molecule has 26 heavy (non-hydrogen) atoms. The van der Waals surface area contributed by atoms with E-state index in [4.69, 9.17) is 15.7 Å². The van der Waals surface area contributed by atoms with Crippen molar-refractivity contribution in [3.05, 3.63) is 53.6 Å². The molecule has 0 saturated heterocycles. The maximum absolute atomic E-state index is 11.8. The van der Waals surface area contributed by atoms with Crippen LogP contribution in [0, 0.1) is 18.3 Å². The van der Waals surface area contributed by atoms with Crippen molar-refractivity contribution in [3.8, 4) is 11.8 Å². The van der Waals surface area contributed by atoms with Gasteiger partial charge in [-0.2, -0.15) is 13.7 Å². The second kappa shape index (κ2) is 7.86. The summed E-state index contributed by atoms with van der Waals surface area (Å²) in [4.78, 5) is 12.6. The third-order valence-electron chi connectivity index (χ3n) is 3.60. The summed E-state index contributed by atoms with van der Waals surface area (Å²) in [6.45, 7) is 1.83. The number of nitrogens with two attached hydrogens (primary N) is 1. The van der Waals surface area contributed by atoms with Gasteiger partial charge in [0.2, 0.25) is 0 Å². The predicted octanol–water partition coefficient (Wildman–Crippen LogP) is 2.08. The van der Waals surface area contributed by atoms with Crippen LogP contribution in [0.5, 0.6) is 5.75 Å². The summed E-state index contributed by atoms with van der Waals surface area (Å²) in [5.41, 5.74) is 6.76. The summed E-state index contributed by atoms with van der Waals surface area (Å²) in [6, 6.07) is 11.5. The number of carbonyl (C=O) groups excluding carboxylic acids is 1. The number of hydrogen-bond donors (Lipinski definition) is 2. The number of hydrogen-bond acceptors (Lipinski definition) is 5. The van der Waals surface area contributed by atoms with E-state index >= 15 is 0 Å². The Hall–Kier alpha value is -3.09. The highest BCUT2D eigenvalue weighted by Crippen LogP contribution is 2.24. The number of nitrogens with zero attached hydrogens (tertiary/aromatic N) is 2. The molecule has 0 atom stereocenters. The Morgan fingerprint density at radius 2 is 1.92 bits per heavy atom. The van der Waals surface area contributed by atoms with Crippen LogP contribution >= 0.6 is 0 Å². The zero-order valence-corrected chi connectivity index (χ0v) is 14.7. The molecule has 2 aromatic carbocycles. The van der Waals surface area contributed by atoms with Crippen molar-refractivity contribution in [1.82, 2.24) is 0 Å². The number of carbonyl (C=O) groups is 1. The quantitative estimate of drug-likeness (QED) is 0.742. The second-order valence-corrected chi connectivity index (χ2v) is 6.82. The van der Waals surface area contributed by atoms with Crippen molar-refractivity contribution >= 4 is 21.8 Å². The fourth-order valence-corrected chi connectivity index (χ4v) is 2.77. The molecule has 9 heteroatoms. The van der Waals surface area contributed by atoms with Crippen molar-refractivity contribution in [3.63, 3.8) is 0 Å². The Bertz CT molecular complexity index is 949. The van der Waals surface area contributed by atoms with Crippen molar-refractivity contribution in [2.24, 2.45) is 5.73 Å². The summed E-state index contributed by atoms with van der Waals surface area (Å²) < 4.78 is 37.3. The van der Waals surface area contributed by atoms with E-state index in [1.54, 1.807) is 31.2 Å². The van der Waals surface area contributed by atoms with E-state index < -0.39 is 16.1 Å². The maximum atomic E-state index is 11.8. The van der Waals surface area contributed by atoms with E-state index in [9.17, 15) is 17.8 Å². The van der Waals surface area contributed by atoms with E-state index in [1.165, 1.54) is 18.2 Å². The number of urea groups is 1. The first kappa shape index (κ1) is 19.2. The standard InChI is InChI=1S/C17H17N3O5S/c1-12-2-7-15(26(22,23)24)10-16(12)20(17(19)21)8-9-25-14-5-3-13(11-18)4-6-14/h2-7,10H,8-9H2,1H3,(H2,19,21)(H,22,23,24). The van der Waals surface area contributed by atoms with Gasteiger partial charge < -0.3 is 10.5 Å². The minimum absolute atomic E-state index is 0.0606. The van der Waals surface area contributed by atoms with Gasteiger partial charge in [-0.15, -0.1) is 0 Å². The first-order valence-electron chi connectivity index (χ1n) is 7.50. The van der Waals surface area contributed by atoms with Gasteiger partial charge in [0.05, 0.1) is 23.1 Å². The van der Waals surface area contributed by atoms with Crippen molar-refractivity contribution in [1.29, 1.82) is 5.26 Å². The molecule has 0 aromatic heterocycles. The molecule has 3 N–H and O–H groups in total. The summed E-state index contributed by atoms with van der Waals surface area (Å²) in [7, 11) is -4.41. The molecule has 0 bridgehead atoms. The van der Waals surface area contributed by atoms with Crippen LogP contribution in [-0.4, -0.2) is 32.2 Å². The highest BCUT2D eigenvalue weighted by atomic mass is 32.2. The number of ether oxygens (including phenoxy) is 1. The van der Waals surface area contributed by atoms with Gasteiger partial charge in [-0.3, -0.25) is 9.45 Å². The third kappa shape index (κ3) is 4.72. The number of benzene rings is 2. The Labute approximate surface area is 151 Å². The molecule has 0 radical (unpaired) electrons. The van der Waals surface area contributed by atoms with Crippen LogP contribution in [0.2, 0.25) is 0 Å². The first-order valence-corrected chi connectivity index (χ1v) is 8.94. The van der Waals surface area contributed by atoms with E-state index in [-0.39, 0.29) is 23.7 Å². The topological polar surface area (TPSA) is 134 Å². The molecule has 2 rings (SSSR count). The highest BCUT2D eigenvalue weighted by molar-refractivity contribution is 7.85. The largest absolute Gasteiger partial charge is 0.492 e. The fraction of sp³-hybridized carbons (Fsp3) is 0.176. The van der Waals surface area contributed by atoms with Crippen LogP contribution in [0.4, 0.5) is 10.5 Å². The normalized spacial score (nSPS) is 10.8. The number of primary amides is 1. The number of rotatable bonds is 6. The number of anilines is 1. The summed E-state index contributed by atoms with van der Waals surface area (Å²) >= 11 is 0. The molecule has 0 heterocycles. The molecule has 0 spiro atoms. The Balaban J connectivity index is 2.16. The van der Waals surface area contributed by atoms with Gasteiger partial charge in [0.15, 0.2) is 0 Å². The molecule has 0 aliphatic rings. The van der Waals surface area contributed by atoms with Crippen LogP contribution in [0.3, 0.4) is 0 Å². The molecule has 0 fully saturated rings. The molecular formula is C17H17N3O5S. The minimum Gasteiger partial charge on any atom is -0.492 e. The Morgan fingerprint density at radius 3 is 2.46 bits per heavy atom. The van der Waals surface area contributed by atoms with Crippen LogP contribution < -0.4 is 15.4 Å². The van der Waals surface area contributed by atoms with E-state index in [2.05, 4.69) is 0 Å².